The van der Waals surface area contributed by atoms with Crippen LogP contribution in [0.4, 0.5) is 5.82 Å². The molecule has 0 unspecified atom stereocenters. The fourth-order valence-corrected chi connectivity index (χ4v) is 2.56. The summed E-state index contributed by atoms with van der Waals surface area (Å²) in [5, 5.41) is 4.39. The molecule has 4 rings (SSSR count). The van der Waals surface area contributed by atoms with E-state index in [1.807, 2.05) is 30.3 Å². The number of rotatable bonds is 1. The second-order valence-electron chi connectivity index (χ2n) is 5.06. The fraction of sp³-hybridized carbons (Fsp3) is 0.0667. The Hall–Kier alpha value is -3.22. The summed E-state index contributed by atoms with van der Waals surface area (Å²) < 4.78 is 1.39. The highest BCUT2D eigenvalue weighted by atomic mass is 16.2. The Balaban J connectivity index is 1.99. The molecule has 2 N–H and O–H groups in total. The van der Waals surface area contributed by atoms with Gasteiger partial charge in [0.1, 0.15) is 17.1 Å². The summed E-state index contributed by atoms with van der Waals surface area (Å²) in [6, 6.07) is 11.3. The summed E-state index contributed by atoms with van der Waals surface area (Å²) >= 11 is 0. The van der Waals surface area contributed by atoms with Crippen molar-refractivity contribution in [3.05, 3.63) is 47.7 Å². The van der Waals surface area contributed by atoms with E-state index in [0.717, 1.165) is 10.5 Å². The van der Waals surface area contributed by atoms with Crippen LogP contribution in [-0.2, 0) is 0 Å². The van der Waals surface area contributed by atoms with E-state index in [2.05, 4.69) is 10.1 Å². The largest absolute Gasteiger partial charge is 0.383 e. The van der Waals surface area contributed by atoms with Crippen molar-refractivity contribution >= 4 is 23.3 Å². The van der Waals surface area contributed by atoms with Crippen molar-refractivity contribution in [2.24, 2.45) is 0 Å². The predicted molar refractivity (Wildman–Crippen MR) is 79.3 cm³/mol. The first-order chi connectivity index (χ1) is 10.6. The summed E-state index contributed by atoms with van der Waals surface area (Å²) in [6.45, 7) is 0. The van der Waals surface area contributed by atoms with E-state index >= 15 is 0 Å². The number of carbonyl (C=O) groups is 2. The Morgan fingerprint density at radius 1 is 1.09 bits per heavy atom. The zero-order chi connectivity index (χ0) is 15.4. The zero-order valence-electron chi connectivity index (χ0n) is 11.6. The molecular weight excluding hydrogens is 282 g/mol. The number of fused-ring (bicyclic) bond motifs is 2. The van der Waals surface area contributed by atoms with E-state index in [1.165, 1.54) is 11.6 Å². The van der Waals surface area contributed by atoms with Crippen molar-refractivity contribution in [1.29, 1.82) is 0 Å². The van der Waals surface area contributed by atoms with Crippen molar-refractivity contribution < 1.29 is 9.59 Å². The molecule has 0 atom stereocenters. The van der Waals surface area contributed by atoms with Gasteiger partial charge < -0.3 is 5.73 Å². The quantitative estimate of drug-likeness (QED) is 0.680. The van der Waals surface area contributed by atoms with Crippen molar-refractivity contribution in [2.75, 3.05) is 12.8 Å². The molecule has 1 aromatic carbocycles. The van der Waals surface area contributed by atoms with E-state index in [0.29, 0.717) is 11.3 Å². The SMILES string of the molecule is CN1C(=O)c2nc3cc(-c4ccccc4)nn3c(N)c2C1=O. The maximum atomic E-state index is 12.1. The number of hydrogen-bond acceptors (Lipinski definition) is 5. The smallest absolute Gasteiger partial charge is 0.280 e. The zero-order valence-corrected chi connectivity index (χ0v) is 11.6. The molecule has 2 aromatic heterocycles. The summed E-state index contributed by atoms with van der Waals surface area (Å²) in [7, 11) is 1.41. The van der Waals surface area contributed by atoms with Gasteiger partial charge in [0.15, 0.2) is 5.65 Å². The molecule has 0 spiro atoms. The monoisotopic (exact) mass is 293 g/mol. The maximum absolute atomic E-state index is 12.1. The van der Waals surface area contributed by atoms with Crippen molar-refractivity contribution in [3.8, 4) is 11.3 Å². The van der Waals surface area contributed by atoms with Crippen LogP contribution in [0.25, 0.3) is 16.9 Å². The molecule has 0 aliphatic carbocycles. The van der Waals surface area contributed by atoms with Gasteiger partial charge in [-0.3, -0.25) is 14.5 Å². The van der Waals surface area contributed by atoms with Crippen LogP contribution in [0.15, 0.2) is 36.4 Å². The van der Waals surface area contributed by atoms with Gasteiger partial charge in [-0.15, -0.1) is 0 Å². The first-order valence-corrected chi connectivity index (χ1v) is 6.65. The van der Waals surface area contributed by atoms with Crippen molar-refractivity contribution in [1.82, 2.24) is 19.5 Å². The molecule has 0 saturated carbocycles. The normalized spacial score (nSPS) is 14.0. The van der Waals surface area contributed by atoms with E-state index in [4.69, 9.17) is 5.73 Å². The molecule has 0 fully saturated rings. The second-order valence-corrected chi connectivity index (χ2v) is 5.06. The third-order valence-electron chi connectivity index (χ3n) is 3.73. The van der Waals surface area contributed by atoms with Gasteiger partial charge in [-0.05, 0) is 0 Å². The van der Waals surface area contributed by atoms with Crippen LogP contribution in [0.5, 0.6) is 0 Å². The summed E-state index contributed by atoms with van der Waals surface area (Å²) in [5.41, 5.74) is 8.25. The van der Waals surface area contributed by atoms with Gasteiger partial charge in [0.05, 0.1) is 5.69 Å². The minimum Gasteiger partial charge on any atom is -0.383 e. The number of benzene rings is 1. The number of hydrogen-bond donors (Lipinski definition) is 1. The molecule has 3 heterocycles. The van der Waals surface area contributed by atoms with Crippen LogP contribution in [0.3, 0.4) is 0 Å². The van der Waals surface area contributed by atoms with Gasteiger partial charge >= 0.3 is 0 Å². The molecule has 7 heteroatoms. The van der Waals surface area contributed by atoms with Gasteiger partial charge in [-0.25, -0.2) is 4.98 Å². The third-order valence-corrected chi connectivity index (χ3v) is 3.73. The topological polar surface area (TPSA) is 93.6 Å². The molecule has 1 aliphatic rings. The highest BCUT2D eigenvalue weighted by Crippen LogP contribution is 2.28. The molecule has 1 aliphatic heterocycles. The van der Waals surface area contributed by atoms with Gasteiger partial charge in [0, 0.05) is 18.7 Å². The molecule has 108 valence electrons. The second kappa shape index (κ2) is 4.14. The standard InChI is InChI=1S/C15H11N5O2/c1-19-14(21)11-12(15(19)22)17-10-7-9(18-20(10)13(11)16)8-5-3-2-4-6-8/h2-7H,16H2,1H3. The summed E-state index contributed by atoms with van der Waals surface area (Å²) in [6.07, 6.45) is 0. The number of anilines is 1. The minimum atomic E-state index is -0.455. The lowest BCUT2D eigenvalue weighted by Gasteiger charge is -2.03. The number of nitrogen functional groups attached to an aromatic ring is 1. The average Bonchev–Trinajstić information content (AvgIpc) is 3.06. The van der Waals surface area contributed by atoms with Crippen LogP contribution in [0, 0.1) is 0 Å². The predicted octanol–water partition coefficient (Wildman–Crippen LogP) is 1.20. The lowest BCUT2D eigenvalue weighted by molar-refractivity contribution is 0.0691. The number of aromatic nitrogens is 3. The third kappa shape index (κ3) is 1.50. The Morgan fingerprint density at radius 2 is 1.82 bits per heavy atom. The maximum Gasteiger partial charge on any atom is 0.280 e. The molecule has 3 aromatic rings. The van der Waals surface area contributed by atoms with Crippen molar-refractivity contribution in [2.45, 2.75) is 0 Å². The molecule has 0 radical (unpaired) electrons. The molecule has 0 saturated heterocycles. The lowest BCUT2D eigenvalue weighted by atomic mass is 10.2. The number of amides is 2. The van der Waals surface area contributed by atoms with Crippen molar-refractivity contribution in [3.63, 3.8) is 0 Å². The Kier molecular flexibility index (Phi) is 2.35. The molecule has 22 heavy (non-hydrogen) atoms. The highest BCUT2D eigenvalue weighted by molar-refractivity contribution is 6.22. The first kappa shape index (κ1) is 12.5. The lowest BCUT2D eigenvalue weighted by Crippen LogP contribution is -2.24. The van der Waals surface area contributed by atoms with Crippen LogP contribution >= 0.6 is 0 Å². The Bertz CT molecular complexity index is 945. The van der Waals surface area contributed by atoms with E-state index in [1.54, 1.807) is 6.07 Å². The van der Waals surface area contributed by atoms with Crippen LogP contribution < -0.4 is 5.73 Å². The van der Waals surface area contributed by atoms with E-state index in [9.17, 15) is 9.59 Å². The Morgan fingerprint density at radius 3 is 2.55 bits per heavy atom. The number of carbonyl (C=O) groups excluding carboxylic acids is 2. The number of nitrogens with zero attached hydrogens (tertiary/aromatic N) is 4. The minimum absolute atomic E-state index is 0.0806. The number of nitrogens with two attached hydrogens (primary N) is 1. The fourth-order valence-electron chi connectivity index (χ4n) is 2.56. The van der Waals surface area contributed by atoms with Gasteiger partial charge in [-0.2, -0.15) is 9.61 Å². The first-order valence-electron chi connectivity index (χ1n) is 6.65. The highest BCUT2D eigenvalue weighted by Gasteiger charge is 2.37. The van der Waals surface area contributed by atoms with Gasteiger partial charge in [0.2, 0.25) is 0 Å². The van der Waals surface area contributed by atoms with Gasteiger partial charge in [0.25, 0.3) is 11.8 Å². The summed E-state index contributed by atoms with van der Waals surface area (Å²) in [4.78, 5) is 29.4. The Labute approximate surface area is 125 Å². The summed E-state index contributed by atoms with van der Waals surface area (Å²) in [5.74, 6) is -0.773. The van der Waals surface area contributed by atoms with Crippen LogP contribution in [0.2, 0.25) is 0 Å². The van der Waals surface area contributed by atoms with E-state index in [-0.39, 0.29) is 17.1 Å². The molecule has 0 bridgehead atoms. The average molecular weight is 293 g/mol. The van der Waals surface area contributed by atoms with Crippen LogP contribution in [-0.4, -0.2) is 38.4 Å². The number of imide groups is 1. The van der Waals surface area contributed by atoms with E-state index < -0.39 is 11.8 Å². The van der Waals surface area contributed by atoms with Crippen LogP contribution in [0.1, 0.15) is 20.8 Å². The molecular formula is C15H11N5O2. The van der Waals surface area contributed by atoms with Gasteiger partial charge in [-0.1, -0.05) is 30.3 Å². The molecule has 2 amide bonds. The molecule has 7 nitrogen and oxygen atoms in total.